The molecular weight excluding hydrogens is 297 g/mol. The first kappa shape index (κ1) is 21.5. The monoisotopic (exact) mass is 335 g/mol. The Morgan fingerprint density at radius 1 is 0.667 bits per heavy atom. The second-order valence-electron chi connectivity index (χ2n) is 5.91. The summed E-state index contributed by atoms with van der Waals surface area (Å²) in [6.07, 6.45) is 9.65. The van der Waals surface area contributed by atoms with Crippen molar-refractivity contribution in [2.75, 3.05) is 26.2 Å². The molecule has 0 aromatic heterocycles. The lowest BCUT2D eigenvalue weighted by Gasteiger charge is -2.40. The van der Waals surface area contributed by atoms with Crippen LogP contribution in [0.5, 0.6) is 0 Å². The van der Waals surface area contributed by atoms with Gasteiger partial charge in [0, 0.05) is 26.2 Å². The predicted octanol–water partition coefficient (Wildman–Crippen LogP) is 4.97. The minimum Gasteiger partial charge on any atom is -0.279 e. The van der Waals surface area contributed by atoms with E-state index in [9.17, 15) is 0 Å². The summed E-state index contributed by atoms with van der Waals surface area (Å²) in [6, 6.07) is 0. The summed E-state index contributed by atoms with van der Waals surface area (Å²) in [7, 11) is 0. The van der Waals surface area contributed by atoms with Crippen LogP contribution in [0.4, 0.5) is 0 Å². The van der Waals surface area contributed by atoms with Crippen molar-refractivity contribution in [1.29, 1.82) is 0 Å². The fraction of sp³-hybridized carbons (Fsp3) is 1.00. The number of unbranched alkanes of at least 4 members (excludes halogenated alkanes) is 4. The summed E-state index contributed by atoms with van der Waals surface area (Å²) in [5.74, 6) is 0. The van der Waals surface area contributed by atoms with E-state index >= 15 is 0 Å². The van der Waals surface area contributed by atoms with Crippen LogP contribution in [0.15, 0.2) is 0 Å². The highest BCUT2D eigenvalue weighted by Gasteiger charge is 2.27. The van der Waals surface area contributed by atoms with Gasteiger partial charge in [0.05, 0.1) is 0 Å². The summed E-state index contributed by atoms with van der Waals surface area (Å²) < 4.78 is 4.89. The van der Waals surface area contributed by atoms with E-state index in [1.807, 2.05) is 0 Å². The maximum atomic E-state index is 6.75. The Balaban J connectivity index is 4.89. The molecule has 0 saturated heterocycles. The quantitative estimate of drug-likeness (QED) is 0.454. The molecule has 0 radical (unpaired) electrons. The zero-order valence-corrected chi connectivity index (χ0v) is 16.5. The molecule has 0 fully saturated rings. The van der Waals surface area contributed by atoms with Crippen molar-refractivity contribution in [3.8, 4) is 0 Å². The number of nitrogens with zero attached hydrogens (tertiary/aromatic N) is 2. The second-order valence-corrected chi connectivity index (χ2v) is 9.83. The first-order valence-electron chi connectivity index (χ1n) is 8.93. The van der Waals surface area contributed by atoms with Crippen molar-refractivity contribution >= 4 is 18.3 Å². The molecule has 0 aliphatic carbocycles. The Hall–Kier alpha value is 0.530. The summed E-state index contributed by atoms with van der Waals surface area (Å²) >= 11 is 5.98. The number of rotatable bonds is 14. The molecule has 5 heteroatoms. The summed E-state index contributed by atoms with van der Waals surface area (Å²) in [5.41, 5.74) is 6.75. The molecule has 3 nitrogen and oxygen atoms in total. The van der Waals surface area contributed by atoms with Gasteiger partial charge in [-0.15, -0.1) is 0 Å². The molecule has 0 aliphatic heterocycles. The lowest BCUT2D eigenvalue weighted by atomic mass is 10.3. The van der Waals surface area contributed by atoms with Gasteiger partial charge in [0.25, 0.3) is 0 Å². The van der Waals surface area contributed by atoms with E-state index in [-0.39, 0.29) is 0 Å². The van der Waals surface area contributed by atoms with Gasteiger partial charge in [0.15, 0.2) is 0 Å². The molecule has 0 spiro atoms. The number of nitrogens with two attached hydrogens (primary N) is 1. The van der Waals surface area contributed by atoms with Crippen LogP contribution in [0, 0.1) is 0 Å². The number of hydrogen-bond donors (Lipinski definition) is 1. The predicted molar refractivity (Wildman–Crippen MR) is 101 cm³/mol. The normalized spacial score (nSPS) is 12.5. The Kier molecular flexibility index (Phi) is 13.3. The van der Waals surface area contributed by atoms with Crippen LogP contribution in [-0.4, -0.2) is 35.5 Å². The van der Waals surface area contributed by atoms with Gasteiger partial charge >= 0.3 is 0 Å². The molecule has 0 aromatic rings. The summed E-state index contributed by atoms with van der Waals surface area (Å²) in [4.78, 5) is 0. The van der Waals surface area contributed by atoms with E-state index < -0.39 is 6.49 Å². The van der Waals surface area contributed by atoms with Crippen molar-refractivity contribution in [2.24, 2.45) is 5.50 Å². The zero-order valence-electron chi connectivity index (χ0n) is 14.8. The topological polar surface area (TPSA) is 32.5 Å². The van der Waals surface area contributed by atoms with Gasteiger partial charge in [-0.1, -0.05) is 53.4 Å². The van der Waals surface area contributed by atoms with Crippen molar-refractivity contribution < 1.29 is 0 Å². The third-order valence-electron chi connectivity index (χ3n) is 3.89. The summed E-state index contributed by atoms with van der Waals surface area (Å²) in [5, 5.41) is 0. The van der Waals surface area contributed by atoms with Crippen LogP contribution < -0.4 is 5.50 Å². The average molecular weight is 336 g/mol. The molecule has 0 amide bonds. The van der Waals surface area contributed by atoms with Gasteiger partial charge < -0.3 is 0 Å². The lowest BCUT2D eigenvalue weighted by Crippen LogP contribution is -2.38. The highest BCUT2D eigenvalue weighted by atomic mass is 32.4. The standard InChI is InChI=1S/C16H38N3PS/c1-5-9-13-18(14-10-6-2)20(17,21)19(15-11-7-3)16-12-8-4/h5-16H2,1-4H3,(H2,17,21). The first-order chi connectivity index (χ1) is 10.0. The van der Waals surface area contributed by atoms with Crippen molar-refractivity contribution in [2.45, 2.75) is 79.1 Å². The van der Waals surface area contributed by atoms with Gasteiger partial charge in [-0.05, 0) is 37.5 Å². The smallest absolute Gasteiger partial charge is 0.140 e. The fourth-order valence-corrected chi connectivity index (χ4v) is 5.39. The minimum absolute atomic E-state index is 1.07. The maximum Gasteiger partial charge on any atom is 0.140 e. The molecule has 0 atom stereocenters. The molecule has 0 unspecified atom stereocenters. The maximum absolute atomic E-state index is 6.75. The minimum atomic E-state index is -2.03. The number of hydrogen-bond acceptors (Lipinski definition) is 1. The highest BCUT2D eigenvalue weighted by molar-refractivity contribution is 8.11. The average Bonchev–Trinajstić information content (AvgIpc) is 2.47. The Morgan fingerprint density at radius 2 is 0.905 bits per heavy atom. The largest absolute Gasteiger partial charge is 0.279 e. The van der Waals surface area contributed by atoms with Crippen molar-refractivity contribution in [3.05, 3.63) is 0 Å². The second kappa shape index (κ2) is 13.0. The van der Waals surface area contributed by atoms with Gasteiger partial charge in [0.2, 0.25) is 0 Å². The lowest BCUT2D eigenvalue weighted by molar-refractivity contribution is 0.360. The van der Waals surface area contributed by atoms with Gasteiger partial charge in [-0.2, -0.15) is 0 Å². The summed E-state index contributed by atoms with van der Waals surface area (Å²) in [6.45, 7) is 11.2. The Bertz CT molecular complexity index is 247. The van der Waals surface area contributed by atoms with Crippen LogP contribution in [0.3, 0.4) is 0 Å². The molecule has 21 heavy (non-hydrogen) atoms. The molecule has 0 bridgehead atoms. The third kappa shape index (κ3) is 8.66. The van der Waals surface area contributed by atoms with E-state index in [0.717, 1.165) is 26.2 Å². The van der Waals surface area contributed by atoms with E-state index in [4.69, 9.17) is 17.3 Å². The zero-order chi connectivity index (χ0) is 16.1. The van der Waals surface area contributed by atoms with Crippen LogP contribution in [0.2, 0.25) is 0 Å². The first-order valence-corrected chi connectivity index (χ1v) is 11.7. The molecule has 0 aliphatic rings. The molecular formula is C16H38N3PS. The van der Waals surface area contributed by atoms with Crippen LogP contribution >= 0.6 is 6.49 Å². The van der Waals surface area contributed by atoms with E-state index in [0.29, 0.717) is 0 Å². The fourth-order valence-electron chi connectivity index (χ4n) is 2.34. The van der Waals surface area contributed by atoms with E-state index in [1.54, 1.807) is 0 Å². The van der Waals surface area contributed by atoms with Gasteiger partial charge in [-0.25, -0.2) is 0 Å². The Labute approximate surface area is 138 Å². The molecule has 0 heterocycles. The molecule has 0 saturated carbocycles. The molecule has 2 N–H and O–H groups in total. The molecule has 0 rings (SSSR count). The van der Waals surface area contributed by atoms with Gasteiger partial charge in [0.1, 0.15) is 6.49 Å². The van der Waals surface area contributed by atoms with Gasteiger partial charge in [-0.3, -0.25) is 14.8 Å². The van der Waals surface area contributed by atoms with Crippen LogP contribution in [0.25, 0.3) is 0 Å². The van der Waals surface area contributed by atoms with Crippen LogP contribution in [-0.2, 0) is 11.8 Å². The van der Waals surface area contributed by atoms with E-state index in [2.05, 4.69) is 37.0 Å². The molecule has 0 aromatic carbocycles. The third-order valence-corrected chi connectivity index (χ3v) is 7.70. The van der Waals surface area contributed by atoms with Crippen molar-refractivity contribution in [3.63, 3.8) is 0 Å². The van der Waals surface area contributed by atoms with E-state index in [1.165, 1.54) is 51.4 Å². The SMILES string of the molecule is CCCCN(CCCC)P(N)(=S)N(CCCC)CCCC. The van der Waals surface area contributed by atoms with Crippen molar-refractivity contribution in [1.82, 2.24) is 9.34 Å². The molecule has 128 valence electrons. The highest BCUT2D eigenvalue weighted by Crippen LogP contribution is 2.46. The Morgan fingerprint density at radius 3 is 1.10 bits per heavy atom. The van der Waals surface area contributed by atoms with Crippen LogP contribution in [0.1, 0.15) is 79.1 Å².